The normalized spacial score (nSPS) is 24.8. The highest BCUT2D eigenvalue weighted by Gasteiger charge is 2.19. The quantitative estimate of drug-likeness (QED) is 0.668. The van der Waals surface area contributed by atoms with Crippen molar-refractivity contribution in [2.75, 3.05) is 7.11 Å². The lowest BCUT2D eigenvalue weighted by molar-refractivity contribution is -0.127. The third-order valence-electron chi connectivity index (χ3n) is 1.98. The Morgan fingerprint density at radius 3 is 1.67 bits per heavy atom. The van der Waals surface area contributed by atoms with Gasteiger partial charge >= 0.3 is 0 Å². The zero-order chi connectivity index (χ0) is 12.5. The summed E-state index contributed by atoms with van der Waals surface area (Å²) in [4.78, 5) is 0. The molecule has 0 aromatic carbocycles. The van der Waals surface area contributed by atoms with Crippen molar-refractivity contribution in [2.45, 2.75) is 65.8 Å². The Kier molecular flexibility index (Phi) is 10.5. The van der Waals surface area contributed by atoms with E-state index in [1.54, 1.807) is 0 Å². The molecule has 1 aliphatic carbocycles. The first-order valence-electron chi connectivity index (χ1n) is 5.80. The smallest absolute Gasteiger partial charge is 0.156 e. The first-order valence-corrected chi connectivity index (χ1v) is 5.80. The highest BCUT2D eigenvalue weighted by Crippen LogP contribution is 2.26. The van der Waals surface area contributed by atoms with Gasteiger partial charge in [0.2, 0.25) is 0 Å². The molecular weight excluding hydrogens is 192 g/mol. The molecule has 0 aromatic rings. The summed E-state index contributed by atoms with van der Waals surface area (Å²) >= 11 is 0. The Balaban J connectivity index is 0. The molecule has 94 valence electrons. The number of ether oxygens (including phenoxy) is 1. The van der Waals surface area contributed by atoms with Crippen molar-refractivity contribution in [2.24, 2.45) is 5.92 Å². The van der Waals surface area contributed by atoms with Gasteiger partial charge in [0.1, 0.15) is 0 Å². The second-order valence-electron chi connectivity index (χ2n) is 4.27. The molecule has 3 heteroatoms. The molecule has 1 aliphatic rings. The van der Waals surface area contributed by atoms with Gasteiger partial charge in [-0.05, 0) is 39.0 Å². The third kappa shape index (κ3) is 16.5. The minimum absolute atomic E-state index is 0.574. The highest BCUT2D eigenvalue weighted by molar-refractivity contribution is 4.71. The van der Waals surface area contributed by atoms with Gasteiger partial charge in [0.25, 0.3) is 0 Å². The molecule has 0 amide bonds. The van der Waals surface area contributed by atoms with Gasteiger partial charge in [-0.2, -0.15) is 0 Å². The predicted octanol–water partition coefficient (Wildman–Crippen LogP) is 2.55. The molecule has 0 aromatic heterocycles. The van der Waals surface area contributed by atoms with Gasteiger partial charge in [-0.1, -0.05) is 20.8 Å². The zero-order valence-corrected chi connectivity index (χ0v) is 11.1. The van der Waals surface area contributed by atoms with E-state index in [2.05, 4.69) is 6.92 Å². The van der Waals surface area contributed by atoms with Gasteiger partial charge in [0.05, 0.1) is 6.10 Å². The monoisotopic (exact) mass is 220 g/mol. The van der Waals surface area contributed by atoms with Crippen molar-refractivity contribution in [1.82, 2.24) is 0 Å². The lowest BCUT2D eigenvalue weighted by Gasteiger charge is -2.04. The number of methoxy groups -OCH3 is 1. The number of rotatable bonds is 1. The minimum Gasteiger partial charge on any atom is -0.381 e. The van der Waals surface area contributed by atoms with E-state index in [1.165, 1.54) is 33.1 Å². The average Bonchev–Trinajstić information content (AvgIpc) is 2.52. The van der Waals surface area contributed by atoms with Gasteiger partial charge < -0.3 is 14.9 Å². The summed E-state index contributed by atoms with van der Waals surface area (Å²) in [6.07, 6.45) is 4.48. The summed E-state index contributed by atoms with van der Waals surface area (Å²) in [5.74, 6) is -0.597. The molecule has 0 radical (unpaired) electrons. The average molecular weight is 220 g/mol. The van der Waals surface area contributed by atoms with Crippen molar-refractivity contribution in [3.63, 3.8) is 0 Å². The summed E-state index contributed by atoms with van der Waals surface area (Å²) in [5.41, 5.74) is 0. The molecule has 3 nitrogen and oxygen atoms in total. The van der Waals surface area contributed by atoms with E-state index < -0.39 is 5.79 Å². The first-order chi connectivity index (χ1) is 6.83. The zero-order valence-electron chi connectivity index (χ0n) is 11.1. The van der Waals surface area contributed by atoms with Crippen molar-refractivity contribution >= 4 is 0 Å². The fourth-order valence-corrected chi connectivity index (χ4v) is 1.37. The van der Waals surface area contributed by atoms with Crippen molar-refractivity contribution in [1.29, 1.82) is 0 Å². The topological polar surface area (TPSA) is 49.7 Å². The molecule has 0 bridgehead atoms. The Labute approximate surface area is 94.5 Å². The van der Waals surface area contributed by atoms with Gasteiger partial charge in [-0.15, -0.1) is 0 Å². The molecule has 2 atom stereocenters. The van der Waals surface area contributed by atoms with Crippen molar-refractivity contribution in [3.8, 4) is 0 Å². The van der Waals surface area contributed by atoms with Crippen LogP contribution in [0.25, 0.3) is 0 Å². The fourth-order valence-electron chi connectivity index (χ4n) is 1.37. The van der Waals surface area contributed by atoms with Crippen LogP contribution in [0.1, 0.15) is 53.9 Å². The van der Waals surface area contributed by atoms with E-state index in [0.717, 1.165) is 5.92 Å². The van der Waals surface area contributed by atoms with E-state index in [9.17, 15) is 0 Å². The second-order valence-corrected chi connectivity index (χ2v) is 4.27. The largest absolute Gasteiger partial charge is 0.381 e. The van der Waals surface area contributed by atoms with Crippen molar-refractivity contribution < 1.29 is 14.9 Å². The molecule has 1 fully saturated rings. The summed E-state index contributed by atoms with van der Waals surface area (Å²) in [6.45, 7) is 8.89. The standard InChI is InChI=1S/C7H14O.C3H8O2.C2H6/c1-6-3-4-7(5-6)8-2;1-3(2,4)5;1-2/h6-7H,3-5H2,1-2H3;4-5H,1-2H3;1-2H3. The number of hydrogen-bond donors (Lipinski definition) is 2. The maximum absolute atomic E-state index is 8.08. The van der Waals surface area contributed by atoms with Crippen LogP contribution >= 0.6 is 0 Å². The van der Waals surface area contributed by atoms with Gasteiger partial charge in [-0.3, -0.25) is 0 Å². The fraction of sp³-hybridized carbons (Fsp3) is 1.00. The lowest BCUT2D eigenvalue weighted by Crippen LogP contribution is -2.15. The van der Waals surface area contributed by atoms with E-state index in [4.69, 9.17) is 14.9 Å². The Bertz CT molecular complexity index is 123. The number of aliphatic hydroxyl groups is 2. The molecule has 15 heavy (non-hydrogen) atoms. The van der Waals surface area contributed by atoms with Crippen LogP contribution in [-0.2, 0) is 4.74 Å². The molecule has 1 rings (SSSR count). The van der Waals surface area contributed by atoms with Gasteiger partial charge in [-0.25, -0.2) is 0 Å². The predicted molar refractivity (Wildman–Crippen MR) is 63.7 cm³/mol. The second kappa shape index (κ2) is 9.13. The summed E-state index contributed by atoms with van der Waals surface area (Å²) in [5, 5.41) is 16.2. The van der Waals surface area contributed by atoms with Crippen LogP contribution in [0.15, 0.2) is 0 Å². The summed E-state index contributed by atoms with van der Waals surface area (Å²) < 4.78 is 5.18. The van der Waals surface area contributed by atoms with E-state index in [-0.39, 0.29) is 0 Å². The minimum atomic E-state index is -1.50. The molecule has 0 saturated heterocycles. The maximum atomic E-state index is 8.08. The van der Waals surface area contributed by atoms with Gasteiger partial charge in [0, 0.05) is 7.11 Å². The Morgan fingerprint density at radius 1 is 1.13 bits per heavy atom. The van der Waals surface area contributed by atoms with Crippen LogP contribution < -0.4 is 0 Å². The third-order valence-corrected chi connectivity index (χ3v) is 1.98. The molecule has 2 N–H and O–H groups in total. The van der Waals surface area contributed by atoms with E-state index in [0.29, 0.717) is 6.10 Å². The van der Waals surface area contributed by atoms with Crippen LogP contribution in [0, 0.1) is 5.92 Å². The highest BCUT2D eigenvalue weighted by atomic mass is 16.5. The molecule has 1 saturated carbocycles. The van der Waals surface area contributed by atoms with E-state index in [1.807, 2.05) is 21.0 Å². The van der Waals surface area contributed by atoms with Crippen molar-refractivity contribution in [3.05, 3.63) is 0 Å². The molecule has 0 spiro atoms. The Morgan fingerprint density at radius 2 is 1.53 bits per heavy atom. The molecule has 0 aliphatic heterocycles. The van der Waals surface area contributed by atoms with E-state index >= 15 is 0 Å². The summed E-state index contributed by atoms with van der Waals surface area (Å²) in [6, 6.07) is 0. The van der Waals surface area contributed by atoms with Crippen LogP contribution in [0.3, 0.4) is 0 Å². The van der Waals surface area contributed by atoms with Crippen LogP contribution in [0.4, 0.5) is 0 Å². The first kappa shape index (κ1) is 17.3. The summed E-state index contributed by atoms with van der Waals surface area (Å²) in [7, 11) is 1.81. The van der Waals surface area contributed by atoms with Gasteiger partial charge in [0.15, 0.2) is 5.79 Å². The SMILES string of the molecule is CC.CC(C)(O)O.COC1CCC(C)C1. The maximum Gasteiger partial charge on any atom is 0.156 e. The molecular formula is C12H28O3. The van der Waals surface area contributed by atoms with Crippen LogP contribution in [-0.4, -0.2) is 29.2 Å². The van der Waals surface area contributed by atoms with Crippen LogP contribution in [0.5, 0.6) is 0 Å². The molecule has 2 unspecified atom stereocenters. The number of hydrogen-bond acceptors (Lipinski definition) is 3. The van der Waals surface area contributed by atoms with Crippen LogP contribution in [0.2, 0.25) is 0 Å². The molecule has 0 heterocycles. The Hall–Kier alpha value is -0.120. The lowest BCUT2D eigenvalue weighted by atomic mass is 10.1.